The quantitative estimate of drug-likeness (QED) is 0.550. The van der Waals surface area contributed by atoms with E-state index in [1.807, 2.05) is 0 Å². The molecule has 18 heavy (non-hydrogen) atoms. The van der Waals surface area contributed by atoms with Gasteiger partial charge >= 0.3 is 5.97 Å². The Morgan fingerprint density at radius 1 is 1.50 bits per heavy atom. The predicted molar refractivity (Wildman–Crippen MR) is 68.7 cm³/mol. The maximum atomic E-state index is 11.0. The number of nitrogens with zero attached hydrogens (tertiary/aromatic N) is 2. The van der Waals surface area contributed by atoms with Crippen molar-refractivity contribution in [3.05, 3.63) is 5.89 Å². The first kappa shape index (κ1) is 15.0. The van der Waals surface area contributed by atoms with E-state index in [1.165, 1.54) is 11.8 Å². The van der Waals surface area contributed by atoms with Crippen molar-refractivity contribution >= 4 is 17.7 Å². The summed E-state index contributed by atoms with van der Waals surface area (Å²) in [6, 6.07) is 0. The maximum absolute atomic E-state index is 11.0. The molecule has 0 amide bonds. The van der Waals surface area contributed by atoms with Crippen LogP contribution in [-0.2, 0) is 4.79 Å². The zero-order valence-electron chi connectivity index (χ0n) is 10.9. The molecule has 2 N–H and O–H groups in total. The van der Waals surface area contributed by atoms with Crippen molar-refractivity contribution in [2.24, 2.45) is 0 Å². The molecular formula is C11H19N3O3S. The summed E-state index contributed by atoms with van der Waals surface area (Å²) in [6.45, 7) is 3.45. The summed E-state index contributed by atoms with van der Waals surface area (Å²) in [6.07, 6.45) is 2.35. The number of carbonyl (C=O) groups is 1. The summed E-state index contributed by atoms with van der Waals surface area (Å²) < 4.78 is 5.22. The fourth-order valence-electron chi connectivity index (χ4n) is 1.42. The number of nitrogens with one attached hydrogen (secondary N) is 1. The van der Waals surface area contributed by atoms with Gasteiger partial charge in [-0.3, -0.25) is 4.79 Å². The highest BCUT2D eigenvalue weighted by molar-refractivity contribution is 7.99. The summed E-state index contributed by atoms with van der Waals surface area (Å²) in [7, 11) is 1.67. The minimum absolute atomic E-state index is 0.561. The SMILES string of the molecule is CNC(C)(CCCCSc1nnc(C)o1)C(=O)O. The van der Waals surface area contributed by atoms with Gasteiger partial charge < -0.3 is 14.8 Å². The minimum Gasteiger partial charge on any atom is -0.480 e. The number of aromatic nitrogens is 2. The zero-order chi connectivity index (χ0) is 13.6. The van der Waals surface area contributed by atoms with Gasteiger partial charge in [0.05, 0.1) is 0 Å². The highest BCUT2D eigenvalue weighted by atomic mass is 32.2. The van der Waals surface area contributed by atoms with Crippen molar-refractivity contribution in [3.8, 4) is 0 Å². The highest BCUT2D eigenvalue weighted by Gasteiger charge is 2.29. The number of thioether (sulfide) groups is 1. The van der Waals surface area contributed by atoms with E-state index in [0.29, 0.717) is 17.5 Å². The van der Waals surface area contributed by atoms with Crippen LogP contribution < -0.4 is 5.32 Å². The van der Waals surface area contributed by atoms with Crippen LogP contribution in [0.4, 0.5) is 0 Å². The van der Waals surface area contributed by atoms with Crippen LogP contribution in [0.2, 0.25) is 0 Å². The molecule has 7 heteroatoms. The normalized spacial score (nSPS) is 14.4. The van der Waals surface area contributed by atoms with Crippen molar-refractivity contribution in [3.63, 3.8) is 0 Å². The minimum atomic E-state index is -0.842. The van der Waals surface area contributed by atoms with Gasteiger partial charge in [-0.2, -0.15) is 0 Å². The molecule has 1 unspecified atom stereocenters. The van der Waals surface area contributed by atoms with Crippen molar-refractivity contribution in [1.82, 2.24) is 15.5 Å². The molecule has 0 aliphatic carbocycles. The lowest BCUT2D eigenvalue weighted by molar-refractivity contribution is -0.144. The highest BCUT2D eigenvalue weighted by Crippen LogP contribution is 2.19. The van der Waals surface area contributed by atoms with Crippen LogP contribution in [0.15, 0.2) is 9.64 Å². The van der Waals surface area contributed by atoms with E-state index < -0.39 is 11.5 Å². The average Bonchev–Trinajstić information content (AvgIpc) is 2.74. The second kappa shape index (κ2) is 6.75. The molecule has 0 spiro atoms. The Balaban J connectivity index is 2.20. The second-order valence-electron chi connectivity index (χ2n) is 4.28. The van der Waals surface area contributed by atoms with Crippen LogP contribution in [0.5, 0.6) is 0 Å². The number of hydrogen-bond donors (Lipinski definition) is 2. The summed E-state index contributed by atoms with van der Waals surface area (Å²) in [5.41, 5.74) is -0.842. The number of unbranched alkanes of at least 4 members (excludes halogenated alkanes) is 1. The van der Waals surface area contributed by atoms with Gasteiger partial charge in [-0.25, -0.2) is 0 Å². The van der Waals surface area contributed by atoms with Gasteiger partial charge in [0.15, 0.2) is 0 Å². The van der Waals surface area contributed by atoms with Gasteiger partial charge in [0.25, 0.3) is 5.22 Å². The Hall–Kier alpha value is -1.08. The van der Waals surface area contributed by atoms with E-state index in [-0.39, 0.29) is 0 Å². The van der Waals surface area contributed by atoms with Crippen molar-refractivity contribution in [1.29, 1.82) is 0 Å². The van der Waals surface area contributed by atoms with E-state index in [0.717, 1.165) is 18.6 Å². The van der Waals surface area contributed by atoms with E-state index in [4.69, 9.17) is 9.52 Å². The van der Waals surface area contributed by atoms with E-state index in [2.05, 4.69) is 15.5 Å². The number of aryl methyl sites for hydroxylation is 1. The van der Waals surface area contributed by atoms with Gasteiger partial charge in [0.2, 0.25) is 5.89 Å². The zero-order valence-corrected chi connectivity index (χ0v) is 11.7. The second-order valence-corrected chi connectivity index (χ2v) is 5.33. The van der Waals surface area contributed by atoms with Crippen molar-refractivity contribution in [2.45, 2.75) is 43.9 Å². The maximum Gasteiger partial charge on any atom is 0.323 e. The van der Waals surface area contributed by atoms with Gasteiger partial charge in [0.1, 0.15) is 5.54 Å². The molecule has 1 heterocycles. The van der Waals surface area contributed by atoms with Gasteiger partial charge in [0, 0.05) is 12.7 Å². The van der Waals surface area contributed by atoms with Crippen LogP contribution in [0, 0.1) is 6.92 Å². The van der Waals surface area contributed by atoms with Crippen molar-refractivity contribution < 1.29 is 14.3 Å². The monoisotopic (exact) mass is 273 g/mol. The lowest BCUT2D eigenvalue weighted by Gasteiger charge is -2.23. The summed E-state index contributed by atoms with van der Waals surface area (Å²) in [5.74, 6) is 0.595. The Kier molecular flexibility index (Phi) is 5.61. The standard InChI is InChI=1S/C11H19N3O3S/c1-8-13-14-10(17-8)18-7-5-4-6-11(2,12-3)9(15)16/h12H,4-7H2,1-3H3,(H,15,16). The third kappa shape index (κ3) is 4.30. The van der Waals surface area contributed by atoms with E-state index in [9.17, 15) is 4.79 Å². The molecule has 0 aromatic carbocycles. The number of hydrogen-bond acceptors (Lipinski definition) is 6. The van der Waals surface area contributed by atoms with Crippen LogP contribution >= 0.6 is 11.8 Å². The molecule has 102 valence electrons. The first-order valence-electron chi connectivity index (χ1n) is 5.83. The molecule has 0 radical (unpaired) electrons. The lowest BCUT2D eigenvalue weighted by atomic mass is 9.95. The molecule has 0 fully saturated rings. The smallest absolute Gasteiger partial charge is 0.323 e. The fourth-order valence-corrected chi connectivity index (χ4v) is 2.22. The Bertz CT molecular complexity index is 397. The first-order valence-corrected chi connectivity index (χ1v) is 6.82. The predicted octanol–water partition coefficient (Wildman–Crippen LogP) is 1.70. The fraction of sp³-hybridized carbons (Fsp3) is 0.727. The van der Waals surface area contributed by atoms with Crippen molar-refractivity contribution in [2.75, 3.05) is 12.8 Å². The Morgan fingerprint density at radius 3 is 2.72 bits per heavy atom. The summed E-state index contributed by atoms with van der Waals surface area (Å²) in [5, 5.41) is 20.1. The molecule has 1 aromatic rings. The molecule has 6 nitrogen and oxygen atoms in total. The first-order chi connectivity index (χ1) is 8.48. The van der Waals surface area contributed by atoms with E-state index >= 15 is 0 Å². The molecule has 0 aliphatic rings. The number of carboxylic acid groups (broad SMARTS) is 1. The third-order valence-electron chi connectivity index (χ3n) is 2.83. The lowest BCUT2D eigenvalue weighted by Crippen LogP contribution is -2.47. The number of carboxylic acids is 1. The molecule has 1 aromatic heterocycles. The molecule has 0 bridgehead atoms. The molecule has 0 aliphatic heterocycles. The van der Waals surface area contributed by atoms with Crippen LogP contribution in [0.1, 0.15) is 32.1 Å². The third-order valence-corrected chi connectivity index (χ3v) is 3.73. The Labute approximate surface area is 111 Å². The summed E-state index contributed by atoms with van der Waals surface area (Å²) in [4.78, 5) is 11.0. The number of rotatable bonds is 8. The number of likely N-dealkylation sites (N-methyl/N-ethyl adjacent to an activating group) is 1. The largest absolute Gasteiger partial charge is 0.480 e. The summed E-state index contributed by atoms with van der Waals surface area (Å²) >= 11 is 1.50. The van der Waals surface area contributed by atoms with Crippen LogP contribution in [0.25, 0.3) is 0 Å². The molecule has 1 atom stereocenters. The van der Waals surface area contributed by atoms with Gasteiger partial charge in [-0.1, -0.05) is 18.2 Å². The van der Waals surface area contributed by atoms with Gasteiger partial charge in [-0.05, 0) is 26.8 Å². The van der Waals surface area contributed by atoms with Crippen LogP contribution in [-0.4, -0.2) is 39.6 Å². The van der Waals surface area contributed by atoms with E-state index in [1.54, 1.807) is 20.9 Å². The molecule has 1 rings (SSSR count). The van der Waals surface area contributed by atoms with Crippen LogP contribution in [0.3, 0.4) is 0 Å². The molecular weight excluding hydrogens is 254 g/mol. The number of aliphatic carboxylic acids is 1. The molecule has 0 saturated heterocycles. The van der Waals surface area contributed by atoms with Gasteiger partial charge in [-0.15, -0.1) is 10.2 Å². The Morgan fingerprint density at radius 2 is 2.22 bits per heavy atom. The molecule has 0 saturated carbocycles. The average molecular weight is 273 g/mol. The topological polar surface area (TPSA) is 88.3 Å².